The Balaban J connectivity index is 1.71. The van der Waals surface area contributed by atoms with Crippen molar-refractivity contribution in [1.29, 1.82) is 0 Å². The van der Waals surface area contributed by atoms with Crippen molar-refractivity contribution in [3.8, 4) is 17.0 Å². The number of ether oxygens (including phenoxy) is 1. The Morgan fingerprint density at radius 3 is 2.63 bits per heavy atom. The van der Waals surface area contributed by atoms with E-state index in [1.165, 1.54) is 17.0 Å². The molecular formula is C20H20N4O3. The van der Waals surface area contributed by atoms with Crippen molar-refractivity contribution in [2.24, 2.45) is 0 Å². The van der Waals surface area contributed by atoms with Crippen molar-refractivity contribution < 1.29 is 9.53 Å². The number of carbonyl (C=O) groups excluding carboxylic acids is 1. The summed E-state index contributed by atoms with van der Waals surface area (Å²) < 4.78 is 6.66. The van der Waals surface area contributed by atoms with Crippen LogP contribution in [0.4, 0.5) is 5.82 Å². The zero-order chi connectivity index (χ0) is 19.2. The molecule has 1 aromatic carbocycles. The molecular weight excluding hydrogens is 344 g/mol. The van der Waals surface area contributed by atoms with Gasteiger partial charge in [-0.15, -0.1) is 0 Å². The lowest BCUT2D eigenvalue weighted by molar-refractivity contribution is -0.116. The highest BCUT2D eigenvalue weighted by Gasteiger charge is 2.08. The fraction of sp³-hybridized carbons (Fsp3) is 0.200. The van der Waals surface area contributed by atoms with Gasteiger partial charge >= 0.3 is 0 Å². The van der Waals surface area contributed by atoms with E-state index in [1.54, 1.807) is 12.1 Å². The minimum atomic E-state index is -0.342. The average molecular weight is 364 g/mol. The average Bonchev–Trinajstić information content (AvgIpc) is 2.64. The van der Waals surface area contributed by atoms with E-state index in [0.717, 1.165) is 17.0 Å². The molecule has 0 atom stereocenters. The SMILES string of the molecule is CCOc1ccc(-c2cc(=O)n(CC(=O)Nc3cccc(C)n3)cn2)cc1. The van der Waals surface area contributed by atoms with Gasteiger partial charge in [0.2, 0.25) is 5.91 Å². The number of aromatic nitrogens is 3. The van der Waals surface area contributed by atoms with Gasteiger partial charge in [-0.2, -0.15) is 0 Å². The first-order chi connectivity index (χ1) is 13.0. The van der Waals surface area contributed by atoms with Crippen LogP contribution < -0.4 is 15.6 Å². The molecule has 1 N–H and O–H groups in total. The Morgan fingerprint density at radius 2 is 1.96 bits per heavy atom. The Kier molecular flexibility index (Phi) is 5.61. The second kappa shape index (κ2) is 8.27. The summed E-state index contributed by atoms with van der Waals surface area (Å²) in [4.78, 5) is 33.0. The van der Waals surface area contributed by atoms with Crippen molar-refractivity contribution >= 4 is 11.7 Å². The van der Waals surface area contributed by atoms with Crippen molar-refractivity contribution in [1.82, 2.24) is 14.5 Å². The number of pyridine rings is 1. The number of nitrogens with one attached hydrogen (secondary N) is 1. The van der Waals surface area contributed by atoms with Crippen LogP contribution in [0, 0.1) is 6.92 Å². The first kappa shape index (κ1) is 18.3. The summed E-state index contributed by atoms with van der Waals surface area (Å²) in [6.45, 7) is 4.21. The molecule has 3 aromatic rings. The van der Waals surface area contributed by atoms with Crippen LogP contribution in [0.3, 0.4) is 0 Å². The molecule has 0 fully saturated rings. The molecule has 2 aromatic heterocycles. The molecule has 138 valence electrons. The molecule has 0 bridgehead atoms. The molecule has 0 spiro atoms. The lowest BCUT2D eigenvalue weighted by atomic mass is 10.1. The van der Waals surface area contributed by atoms with E-state index >= 15 is 0 Å². The minimum absolute atomic E-state index is 0.134. The largest absolute Gasteiger partial charge is 0.494 e. The van der Waals surface area contributed by atoms with Gasteiger partial charge < -0.3 is 10.1 Å². The summed E-state index contributed by atoms with van der Waals surface area (Å²) in [5, 5.41) is 2.67. The van der Waals surface area contributed by atoms with Crippen LogP contribution in [0.2, 0.25) is 0 Å². The molecule has 0 radical (unpaired) electrons. The molecule has 0 aliphatic heterocycles. The number of hydrogen-bond acceptors (Lipinski definition) is 5. The Bertz CT molecular complexity index is 997. The number of rotatable bonds is 6. The summed E-state index contributed by atoms with van der Waals surface area (Å²) in [6.07, 6.45) is 1.37. The number of nitrogens with zero attached hydrogens (tertiary/aromatic N) is 3. The summed E-state index contributed by atoms with van der Waals surface area (Å²) in [5.74, 6) is 0.869. The summed E-state index contributed by atoms with van der Waals surface area (Å²) in [7, 11) is 0. The molecule has 7 nitrogen and oxygen atoms in total. The third-order valence-electron chi connectivity index (χ3n) is 3.81. The number of carbonyl (C=O) groups is 1. The highest BCUT2D eigenvalue weighted by molar-refractivity contribution is 5.89. The molecule has 7 heteroatoms. The van der Waals surface area contributed by atoms with E-state index in [9.17, 15) is 9.59 Å². The van der Waals surface area contributed by atoms with Gasteiger partial charge in [0.1, 0.15) is 18.1 Å². The predicted molar refractivity (Wildman–Crippen MR) is 103 cm³/mol. The Labute approximate surface area is 156 Å². The third-order valence-corrected chi connectivity index (χ3v) is 3.81. The maximum Gasteiger partial charge on any atom is 0.254 e. The van der Waals surface area contributed by atoms with Crippen LogP contribution in [0.5, 0.6) is 5.75 Å². The third kappa shape index (κ3) is 4.78. The first-order valence-electron chi connectivity index (χ1n) is 8.58. The van der Waals surface area contributed by atoms with E-state index in [4.69, 9.17) is 4.74 Å². The first-order valence-corrected chi connectivity index (χ1v) is 8.58. The molecule has 0 unspecified atom stereocenters. The Morgan fingerprint density at radius 1 is 1.19 bits per heavy atom. The van der Waals surface area contributed by atoms with Gasteiger partial charge in [-0.1, -0.05) is 6.07 Å². The van der Waals surface area contributed by atoms with Crippen LogP contribution in [-0.2, 0) is 11.3 Å². The second-order valence-electron chi connectivity index (χ2n) is 5.91. The van der Waals surface area contributed by atoms with E-state index in [1.807, 2.05) is 44.2 Å². The topological polar surface area (TPSA) is 86.1 Å². The van der Waals surface area contributed by atoms with Crippen molar-refractivity contribution in [2.45, 2.75) is 20.4 Å². The maximum atomic E-state index is 12.3. The molecule has 0 saturated heterocycles. The van der Waals surface area contributed by atoms with Crippen LogP contribution >= 0.6 is 0 Å². The lowest BCUT2D eigenvalue weighted by Crippen LogP contribution is -2.27. The smallest absolute Gasteiger partial charge is 0.254 e. The number of hydrogen-bond donors (Lipinski definition) is 1. The van der Waals surface area contributed by atoms with Crippen molar-refractivity contribution in [3.63, 3.8) is 0 Å². The standard InChI is InChI=1S/C20H20N4O3/c1-3-27-16-9-7-15(8-10-16)17-11-20(26)24(13-21-17)12-19(25)23-18-6-4-5-14(2)22-18/h4-11,13H,3,12H2,1-2H3,(H,22,23,25). The molecule has 0 aliphatic rings. The van der Waals surface area contributed by atoms with Gasteiger partial charge in [-0.3, -0.25) is 14.2 Å². The van der Waals surface area contributed by atoms with Gasteiger partial charge in [-0.05, 0) is 50.2 Å². The monoisotopic (exact) mass is 364 g/mol. The van der Waals surface area contributed by atoms with Crippen LogP contribution in [-0.4, -0.2) is 27.0 Å². The summed E-state index contributed by atoms with van der Waals surface area (Å²) in [5.41, 5.74) is 1.84. The minimum Gasteiger partial charge on any atom is -0.494 e. The molecule has 1 amide bonds. The van der Waals surface area contributed by atoms with E-state index < -0.39 is 0 Å². The van der Waals surface area contributed by atoms with Crippen molar-refractivity contribution in [3.05, 3.63) is 70.9 Å². The van der Waals surface area contributed by atoms with Crippen LogP contribution in [0.25, 0.3) is 11.3 Å². The Hall–Kier alpha value is -3.48. The molecule has 27 heavy (non-hydrogen) atoms. The fourth-order valence-electron chi connectivity index (χ4n) is 2.54. The number of aryl methyl sites for hydroxylation is 1. The molecule has 3 rings (SSSR count). The molecule has 0 aliphatic carbocycles. The van der Waals surface area contributed by atoms with E-state index in [2.05, 4.69) is 15.3 Å². The van der Waals surface area contributed by atoms with Gasteiger partial charge in [0.05, 0.1) is 18.6 Å². The van der Waals surface area contributed by atoms with E-state index in [0.29, 0.717) is 18.1 Å². The van der Waals surface area contributed by atoms with Crippen LogP contribution in [0.15, 0.2) is 59.7 Å². The van der Waals surface area contributed by atoms with Crippen LogP contribution in [0.1, 0.15) is 12.6 Å². The van der Waals surface area contributed by atoms with Gasteiger partial charge in [0, 0.05) is 17.3 Å². The number of anilines is 1. The van der Waals surface area contributed by atoms with Gasteiger partial charge in [0.25, 0.3) is 5.56 Å². The lowest BCUT2D eigenvalue weighted by Gasteiger charge is -2.08. The predicted octanol–water partition coefficient (Wildman–Crippen LogP) is 2.65. The second-order valence-corrected chi connectivity index (χ2v) is 5.91. The maximum absolute atomic E-state index is 12.3. The zero-order valence-electron chi connectivity index (χ0n) is 15.2. The molecule has 2 heterocycles. The van der Waals surface area contributed by atoms with Gasteiger partial charge in [0.15, 0.2) is 0 Å². The summed E-state index contributed by atoms with van der Waals surface area (Å²) >= 11 is 0. The summed E-state index contributed by atoms with van der Waals surface area (Å²) in [6, 6.07) is 14.1. The molecule has 0 saturated carbocycles. The normalized spacial score (nSPS) is 10.4. The fourth-order valence-corrected chi connectivity index (χ4v) is 2.54. The van der Waals surface area contributed by atoms with Crippen molar-refractivity contribution in [2.75, 3.05) is 11.9 Å². The highest BCUT2D eigenvalue weighted by atomic mass is 16.5. The highest BCUT2D eigenvalue weighted by Crippen LogP contribution is 2.19. The number of amides is 1. The zero-order valence-corrected chi connectivity index (χ0v) is 15.2. The van der Waals surface area contributed by atoms with Gasteiger partial charge in [-0.25, -0.2) is 9.97 Å². The van der Waals surface area contributed by atoms with E-state index in [-0.39, 0.29) is 18.0 Å². The quantitative estimate of drug-likeness (QED) is 0.727. The number of benzene rings is 1.